The number of nitrogens with zero attached hydrogens (tertiary/aromatic N) is 6. The van der Waals surface area contributed by atoms with Crippen LogP contribution in [0.3, 0.4) is 0 Å². The smallest absolute Gasteiger partial charge is 0.227 e. The van der Waals surface area contributed by atoms with Crippen molar-refractivity contribution >= 4 is 28.6 Å². The van der Waals surface area contributed by atoms with Gasteiger partial charge in [-0.1, -0.05) is 0 Å². The number of pyridine rings is 1. The molecule has 8 heteroatoms. The molecule has 3 aromatic heterocycles. The van der Waals surface area contributed by atoms with Gasteiger partial charge in [-0.15, -0.1) is 0 Å². The topological polar surface area (TPSA) is 97.8 Å². The minimum atomic E-state index is -0.0192. The minimum absolute atomic E-state index is 0.0192. The number of rotatable bonds is 4. The molecule has 8 nitrogen and oxygen atoms in total. The van der Waals surface area contributed by atoms with E-state index in [9.17, 15) is 0 Å². The Morgan fingerprint density at radius 1 is 1.27 bits per heavy atom. The van der Waals surface area contributed by atoms with Crippen molar-refractivity contribution in [1.82, 2.24) is 24.5 Å². The summed E-state index contributed by atoms with van der Waals surface area (Å²) in [5.41, 5.74) is 8.21. The number of anilines is 3. The molecule has 1 saturated carbocycles. The predicted octanol–water partition coefficient (Wildman–Crippen LogP) is 2.08. The molecule has 5 rings (SSSR count). The molecule has 2 unspecified atom stereocenters. The van der Waals surface area contributed by atoms with E-state index in [2.05, 4.69) is 48.6 Å². The fraction of sp³-hybridized carbons (Fsp3) is 0.444. The van der Waals surface area contributed by atoms with E-state index < -0.39 is 0 Å². The molecule has 1 saturated heterocycles. The maximum Gasteiger partial charge on any atom is 0.227 e. The monoisotopic (exact) mass is 350 g/mol. The van der Waals surface area contributed by atoms with Crippen molar-refractivity contribution in [2.75, 3.05) is 23.3 Å². The molecule has 134 valence electrons. The van der Waals surface area contributed by atoms with Crippen LogP contribution in [0.5, 0.6) is 0 Å². The van der Waals surface area contributed by atoms with E-state index in [4.69, 9.17) is 5.73 Å². The molecule has 0 bridgehead atoms. The highest BCUT2D eigenvalue weighted by Gasteiger charge is 2.57. The Balaban J connectivity index is 1.40. The summed E-state index contributed by atoms with van der Waals surface area (Å²) in [5, 5.41) is 3.29. The first-order valence-electron chi connectivity index (χ1n) is 8.98. The summed E-state index contributed by atoms with van der Waals surface area (Å²) in [6, 6.07) is 4.19. The lowest BCUT2D eigenvalue weighted by molar-refractivity contribution is 0.617. The number of imidazole rings is 1. The molecule has 1 aliphatic heterocycles. The molecule has 3 N–H and O–H groups in total. The number of hydrogen-bond acceptors (Lipinski definition) is 7. The SMILES string of the molecule is CC(C)n1cnc2cnc(Nc3ccnc(N4CC5CC5(N)C4)n3)cc21. The third kappa shape index (κ3) is 2.48. The van der Waals surface area contributed by atoms with Crippen LogP contribution in [-0.4, -0.2) is 43.1 Å². The Hall–Kier alpha value is -2.74. The Bertz CT molecular complexity index is 980. The number of piperidine rings is 1. The molecule has 26 heavy (non-hydrogen) atoms. The van der Waals surface area contributed by atoms with Crippen molar-refractivity contribution < 1.29 is 0 Å². The zero-order valence-corrected chi connectivity index (χ0v) is 14.9. The van der Waals surface area contributed by atoms with E-state index in [0.717, 1.165) is 48.1 Å². The third-order valence-electron chi connectivity index (χ3n) is 5.40. The van der Waals surface area contributed by atoms with Crippen LogP contribution in [0.25, 0.3) is 11.0 Å². The molecule has 4 heterocycles. The zero-order chi connectivity index (χ0) is 17.9. The van der Waals surface area contributed by atoms with Crippen LogP contribution < -0.4 is 16.0 Å². The normalized spacial score (nSPS) is 24.3. The molecule has 2 fully saturated rings. The van der Waals surface area contributed by atoms with E-state index in [0.29, 0.717) is 12.0 Å². The van der Waals surface area contributed by atoms with Gasteiger partial charge in [-0.2, -0.15) is 4.98 Å². The Labute approximate surface area is 151 Å². The van der Waals surface area contributed by atoms with Gasteiger partial charge in [0, 0.05) is 36.9 Å². The average Bonchev–Trinajstić information content (AvgIpc) is 2.95. The number of nitrogens with one attached hydrogen (secondary N) is 1. The number of fused-ring (bicyclic) bond motifs is 2. The van der Waals surface area contributed by atoms with Gasteiger partial charge in [0.2, 0.25) is 5.95 Å². The average molecular weight is 350 g/mol. The van der Waals surface area contributed by atoms with Gasteiger partial charge < -0.3 is 20.5 Å². The van der Waals surface area contributed by atoms with Crippen LogP contribution in [0.15, 0.2) is 30.9 Å². The maximum atomic E-state index is 6.29. The second-order valence-electron chi connectivity index (χ2n) is 7.69. The highest BCUT2D eigenvalue weighted by molar-refractivity contribution is 5.78. The minimum Gasteiger partial charge on any atom is -0.339 e. The summed E-state index contributed by atoms with van der Waals surface area (Å²) in [4.78, 5) is 20.1. The number of nitrogens with two attached hydrogens (primary N) is 1. The van der Waals surface area contributed by atoms with Crippen molar-refractivity contribution in [3.05, 3.63) is 30.9 Å². The second kappa shape index (κ2) is 5.38. The molecule has 0 spiro atoms. The van der Waals surface area contributed by atoms with E-state index in [1.54, 1.807) is 12.4 Å². The van der Waals surface area contributed by atoms with Crippen molar-refractivity contribution in [3.63, 3.8) is 0 Å². The first-order chi connectivity index (χ1) is 12.5. The highest BCUT2D eigenvalue weighted by Crippen LogP contribution is 2.47. The third-order valence-corrected chi connectivity index (χ3v) is 5.40. The van der Waals surface area contributed by atoms with Gasteiger partial charge in [-0.25, -0.2) is 15.0 Å². The van der Waals surface area contributed by atoms with Gasteiger partial charge in [0.1, 0.15) is 17.2 Å². The van der Waals surface area contributed by atoms with Crippen molar-refractivity contribution in [3.8, 4) is 0 Å². The van der Waals surface area contributed by atoms with Crippen molar-refractivity contribution in [2.24, 2.45) is 11.7 Å². The lowest BCUT2D eigenvalue weighted by atomic mass is 10.3. The van der Waals surface area contributed by atoms with Crippen LogP contribution in [-0.2, 0) is 0 Å². The lowest BCUT2D eigenvalue weighted by Crippen LogP contribution is -2.34. The molecule has 2 aliphatic rings. The Morgan fingerprint density at radius 3 is 2.92 bits per heavy atom. The van der Waals surface area contributed by atoms with Crippen LogP contribution in [0.4, 0.5) is 17.6 Å². The fourth-order valence-electron chi connectivity index (χ4n) is 3.79. The molecule has 3 aromatic rings. The second-order valence-corrected chi connectivity index (χ2v) is 7.69. The zero-order valence-electron chi connectivity index (χ0n) is 14.9. The molecule has 0 amide bonds. The first-order valence-corrected chi connectivity index (χ1v) is 8.98. The number of hydrogen-bond donors (Lipinski definition) is 2. The van der Waals surface area contributed by atoms with E-state index in [1.165, 1.54) is 0 Å². The molecule has 0 radical (unpaired) electrons. The predicted molar refractivity (Wildman–Crippen MR) is 100 cm³/mol. The quantitative estimate of drug-likeness (QED) is 0.743. The van der Waals surface area contributed by atoms with E-state index in [1.807, 2.05) is 18.5 Å². The number of aromatic nitrogens is 5. The van der Waals surface area contributed by atoms with Gasteiger partial charge >= 0.3 is 0 Å². The van der Waals surface area contributed by atoms with Crippen LogP contribution in [0.1, 0.15) is 26.3 Å². The first kappa shape index (κ1) is 15.5. The largest absolute Gasteiger partial charge is 0.339 e. The highest BCUT2D eigenvalue weighted by atomic mass is 15.3. The van der Waals surface area contributed by atoms with Crippen LogP contribution >= 0.6 is 0 Å². The van der Waals surface area contributed by atoms with Crippen LogP contribution in [0, 0.1) is 5.92 Å². The van der Waals surface area contributed by atoms with Gasteiger partial charge in [0.05, 0.1) is 18.0 Å². The van der Waals surface area contributed by atoms with Gasteiger partial charge in [0.15, 0.2) is 0 Å². The van der Waals surface area contributed by atoms with Gasteiger partial charge in [-0.05, 0) is 32.3 Å². The standard InChI is InChI=1S/C18H22N8/c1-11(2)26-10-22-13-7-21-16(5-14(13)26)23-15-3-4-20-17(24-15)25-8-12-6-18(12,19)9-25/h3-5,7,10-12H,6,8-9,19H2,1-2H3,(H,20,21,23,24). The summed E-state index contributed by atoms with van der Waals surface area (Å²) in [6.07, 6.45) is 6.53. The fourth-order valence-corrected chi connectivity index (χ4v) is 3.79. The Kier molecular flexibility index (Phi) is 3.21. The summed E-state index contributed by atoms with van der Waals surface area (Å²) in [6.45, 7) is 6.04. The molecular weight excluding hydrogens is 328 g/mol. The van der Waals surface area contributed by atoms with E-state index >= 15 is 0 Å². The molecule has 2 atom stereocenters. The van der Waals surface area contributed by atoms with Crippen molar-refractivity contribution in [2.45, 2.75) is 31.8 Å². The Morgan fingerprint density at radius 2 is 2.15 bits per heavy atom. The lowest BCUT2D eigenvalue weighted by Gasteiger charge is -2.19. The van der Waals surface area contributed by atoms with E-state index in [-0.39, 0.29) is 5.54 Å². The summed E-state index contributed by atoms with van der Waals surface area (Å²) >= 11 is 0. The molecule has 0 aromatic carbocycles. The summed E-state index contributed by atoms with van der Waals surface area (Å²) in [5.74, 6) is 2.77. The summed E-state index contributed by atoms with van der Waals surface area (Å²) < 4.78 is 2.13. The van der Waals surface area contributed by atoms with Crippen LogP contribution in [0.2, 0.25) is 0 Å². The maximum absolute atomic E-state index is 6.29. The molecule has 1 aliphatic carbocycles. The summed E-state index contributed by atoms with van der Waals surface area (Å²) in [7, 11) is 0. The molecular formula is C18H22N8. The van der Waals surface area contributed by atoms with Gasteiger partial charge in [-0.3, -0.25) is 0 Å². The van der Waals surface area contributed by atoms with Gasteiger partial charge in [0.25, 0.3) is 0 Å². The van der Waals surface area contributed by atoms with Crippen molar-refractivity contribution in [1.29, 1.82) is 0 Å².